The maximum Gasteiger partial charge on any atom is 0.337 e. The van der Waals surface area contributed by atoms with Gasteiger partial charge in [-0.2, -0.15) is 0 Å². The first kappa shape index (κ1) is 12.2. The number of pyridine rings is 1. The topological polar surface area (TPSA) is 62.2 Å². The number of carboxylic acid groups (broad SMARTS) is 1. The van der Waals surface area contributed by atoms with Crippen LogP contribution in [0.5, 0.6) is 0 Å². The van der Waals surface area contributed by atoms with Crippen molar-refractivity contribution in [3.05, 3.63) is 22.8 Å². The summed E-state index contributed by atoms with van der Waals surface area (Å²) in [5, 5.41) is 12.4. The van der Waals surface area contributed by atoms with Gasteiger partial charge >= 0.3 is 5.97 Å². The maximum atomic E-state index is 11.0. The molecule has 1 aliphatic rings. The molecule has 1 aromatic heterocycles. The van der Waals surface area contributed by atoms with Crippen molar-refractivity contribution in [2.24, 2.45) is 0 Å². The molecule has 0 aromatic carbocycles. The van der Waals surface area contributed by atoms with Crippen molar-refractivity contribution in [1.82, 2.24) is 4.98 Å². The first-order valence-electron chi connectivity index (χ1n) is 5.68. The van der Waals surface area contributed by atoms with Crippen LogP contribution < -0.4 is 5.32 Å². The van der Waals surface area contributed by atoms with Gasteiger partial charge in [0.2, 0.25) is 0 Å². The Morgan fingerprint density at radius 2 is 2.18 bits per heavy atom. The fourth-order valence-corrected chi connectivity index (χ4v) is 2.50. The van der Waals surface area contributed by atoms with E-state index in [4.69, 9.17) is 16.7 Å². The van der Waals surface area contributed by atoms with E-state index in [1.54, 1.807) is 0 Å². The largest absolute Gasteiger partial charge is 0.478 e. The quantitative estimate of drug-likeness (QED) is 0.870. The van der Waals surface area contributed by atoms with Gasteiger partial charge in [0.05, 0.1) is 10.6 Å². The first-order valence-corrected chi connectivity index (χ1v) is 6.06. The highest BCUT2D eigenvalue weighted by molar-refractivity contribution is 6.35. The molecule has 4 nitrogen and oxygen atoms in total. The van der Waals surface area contributed by atoms with E-state index in [2.05, 4.69) is 17.2 Å². The summed E-state index contributed by atoms with van der Waals surface area (Å²) < 4.78 is 0. The SMILES string of the molecule is CC1(Nc2nccc(C(=O)O)c2Cl)CCCC1. The fourth-order valence-electron chi connectivity index (χ4n) is 2.26. The van der Waals surface area contributed by atoms with Crippen molar-refractivity contribution in [3.8, 4) is 0 Å². The van der Waals surface area contributed by atoms with Crippen LogP contribution in [0.3, 0.4) is 0 Å². The molecule has 1 saturated carbocycles. The molecular formula is C12H15ClN2O2. The highest BCUT2D eigenvalue weighted by atomic mass is 35.5. The Balaban J connectivity index is 2.27. The zero-order valence-electron chi connectivity index (χ0n) is 9.66. The van der Waals surface area contributed by atoms with E-state index in [9.17, 15) is 4.79 Å². The maximum absolute atomic E-state index is 11.0. The van der Waals surface area contributed by atoms with E-state index in [0.29, 0.717) is 5.82 Å². The average Bonchev–Trinajstić information content (AvgIpc) is 2.68. The van der Waals surface area contributed by atoms with Gasteiger partial charge in [-0.1, -0.05) is 24.4 Å². The Bertz CT molecular complexity index is 442. The number of hydrogen-bond donors (Lipinski definition) is 2. The number of rotatable bonds is 3. The molecule has 0 spiro atoms. The van der Waals surface area contributed by atoms with Gasteiger partial charge in [-0.3, -0.25) is 0 Å². The van der Waals surface area contributed by atoms with Gasteiger partial charge < -0.3 is 10.4 Å². The molecule has 1 fully saturated rings. The summed E-state index contributed by atoms with van der Waals surface area (Å²) in [7, 11) is 0. The van der Waals surface area contributed by atoms with Crippen LogP contribution in [0.15, 0.2) is 12.3 Å². The predicted octanol–water partition coefficient (Wildman–Crippen LogP) is 3.18. The third-order valence-corrected chi connectivity index (χ3v) is 3.63. The summed E-state index contributed by atoms with van der Waals surface area (Å²) in [4.78, 5) is 15.1. The van der Waals surface area contributed by atoms with Crippen LogP contribution in [-0.4, -0.2) is 21.6 Å². The Morgan fingerprint density at radius 1 is 1.53 bits per heavy atom. The summed E-state index contributed by atoms with van der Waals surface area (Å²) in [5.41, 5.74) is 0.0686. The number of aromatic nitrogens is 1. The van der Waals surface area contributed by atoms with Gasteiger partial charge in [0.15, 0.2) is 0 Å². The number of aromatic carboxylic acids is 1. The van der Waals surface area contributed by atoms with Gasteiger partial charge in [0.25, 0.3) is 0 Å². The van der Waals surface area contributed by atoms with E-state index >= 15 is 0 Å². The summed E-state index contributed by atoms with van der Waals surface area (Å²) in [6, 6.07) is 1.41. The number of carboxylic acids is 1. The van der Waals surface area contributed by atoms with E-state index in [-0.39, 0.29) is 16.1 Å². The zero-order valence-corrected chi connectivity index (χ0v) is 10.4. The number of nitrogens with zero attached hydrogens (tertiary/aromatic N) is 1. The number of anilines is 1. The fraction of sp³-hybridized carbons (Fsp3) is 0.500. The first-order chi connectivity index (χ1) is 8.02. The van der Waals surface area contributed by atoms with Crippen molar-refractivity contribution < 1.29 is 9.90 Å². The Morgan fingerprint density at radius 3 is 2.76 bits per heavy atom. The van der Waals surface area contributed by atoms with Crippen LogP contribution in [0.25, 0.3) is 0 Å². The van der Waals surface area contributed by atoms with Crippen molar-refractivity contribution in [1.29, 1.82) is 0 Å². The Kier molecular flexibility index (Phi) is 3.24. The summed E-state index contributed by atoms with van der Waals surface area (Å²) in [6.45, 7) is 2.12. The van der Waals surface area contributed by atoms with Crippen molar-refractivity contribution in [3.63, 3.8) is 0 Å². The standard InChI is InChI=1S/C12H15ClN2O2/c1-12(5-2-3-6-12)15-10-9(13)8(11(16)17)4-7-14-10/h4,7H,2-3,5-6H2,1H3,(H,14,15)(H,16,17). The van der Waals surface area contributed by atoms with E-state index < -0.39 is 5.97 Å². The Hall–Kier alpha value is -1.29. The van der Waals surface area contributed by atoms with Gasteiger partial charge in [0.1, 0.15) is 5.82 Å². The average molecular weight is 255 g/mol. The minimum Gasteiger partial charge on any atom is -0.478 e. The lowest BCUT2D eigenvalue weighted by Crippen LogP contribution is -2.31. The van der Waals surface area contributed by atoms with Crippen LogP contribution in [0.2, 0.25) is 5.02 Å². The molecule has 2 N–H and O–H groups in total. The summed E-state index contributed by atoms with van der Waals surface area (Å²) >= 11 is 6.04. The third kappa shape index (κ3) is 2.52. The van der Waals surface area contributed by atoms with Crippen LogP contribution in [0.1, 0.15) is 43.0 Å². The zero-order chi connectivity index (χ0) is 12.5. The van der Waals surface area contributed by atoms with Crippen LogP contribution in [0, 0.1) is 0 Å². The number of carbonyl (C=O) groups is 1. The van der Waals surface area contributed by atoms with Crippen molar-refractivity contribution >= 4 is 23.4 Å². The van der Waals surface area contributed by atoms with Crippen LogP contribution in [0.4, 0.5) is 5.82 Å². The highest BCUT2D eigenvalue weighted by Crippen LogP contribution is 2.34. The molecule has 0 bridgehead atoms. The van der Waals surface area contributed by atoms with Gasteiger partial charge in [-0.15, -0.1) is 0 Å². The van der Waals surface area contributed by atoms with E-state index in [1.807, 2.05) is 0 Å². The molecule has 17 heavy (non-hydrogen) atoms. The molecule has 1 aliphatic carbocycles. The normalized spacial score (nSPS) is 18.0. The molecule has 0 amide bonds. The molecule has 92 valence electrons. The van der Waals surface area contributed by atoms with E-state index in [1.165, 1.54) is 25.1 Å². The Labute approximate surface area is 105 Å². The second kappa shape index (κ2) is 4.53. The molecule has 5 heteroatoms. The lowest BCUT2D eigenvalue weighted by Gasteiger charge is -2.26. The second-order valence-corrected chi connectivity index (χ2v) is 5.10. The third-order valence-electron chi connectivity index (χ3n) is 3.25. The van der Waals surface area contributed by atoms with Gasteiger partial charge in [-0.25, -0.2) is 9.78 Å². The molecule has 0 unspecified atom stereocenters. The van der Waals surface area contributed by atoms with Crippen LogP contribution in [-0.2, 0) is 0 Å². The minimum atomic E-state index is -1.03. The molecule has 1 aromatic rings. The monoisotopic (exact) mass is 254 g/mol. The molecular weight excluding hydrogens is 240 g/mol. The van der Waals surface area contributed by atoms with Gasteiger partial charge in [-0.05, 0) is 25.8 Å². The van der Waals surface area contributed by atoms with E-state index in [0.717, 1.165) is 12.8 Å². The van der Waals surface area contributed by atoms with Gasteiger partial charge in [0, 0.05) is 11.7 Å². The molecule has 1 heterocycles. The van der Waals surface area contributed by atoms with Crippen molar-refractivity contribution in [2.45, 2.75) is 38.1 Å². The summed E-state index contributed by atoms with van der Waals surface area (Å²) in [6.07, 6.45) is 5.94. The molecule has 0 aliphatic heterocycles. The minimum absolute atomic E-state index is 0.0201. The number of halogens is 1. The molecule has 2 rings (SSSR count). The lowest BCUT2D eigenvalue weighted by atomic mass is 10.0. The van der Waals surface area contributed by atoms with Crippen LogP contribution >= 0.6 is 11.6 Å². The molecule has 0 radical (unpaired) electrons. The molecule has 0 atom stereocenters. The lowest BCUT2D eigenvalue weighted by molar-refractivity contribution is 0.0697. The highest BCUT2D eigenvalue weighted by Gasteiger charge is 2.29. The number of hydrogen-bond acceptors (Lipinski definition) is 3. The summed E-state index contributed by atoms with van der Waals surface area (Å²) in [5.74, 6) is -0.562. The molecule has 0 saturated heterocycles. The van der Waals surface area contributed by atoms with Crippen molar-refractivity contribution in [2.75, 3.05) is 5.32 Å². The predicted molar refractivity (Wildman–Crippen MR) is 66.7 cm³/mol. The smallest absolute Gasteiger partial charge is 0.337 e. The second-order valence-electron chi connectivity index (χ2n) is 4.72. The number of nitrogens with one attached hydrogen (secondary N) is 1.